The van der Waals surface area contributed by atoms with E-state index in [1.54, 1.807) is 0 Å². The number of nitrogens with zero attached hydrogens (tertiary/aromatic N) is 1. The maximum absolute atomic E-state index is 3.75. The number of hydrogen-bond donors (Lipinski definition) is 1. The van der Waals surface area contributed by atoms with Gasteiger partial charge in [0.25, 0.3) is 0 Å². The van der Waals surface area contributed by atoms with E-state index in [-0.39, 0.29) is 0 Å². The molecule has 2 saturated carbocycles. The van der Waals surface area contributed by atoms with Gasteiger partial charge in [-0.2, -0.15) is 0 Å². The van der Waals surface area contributed by atoms with Crippen LogP contribution in [0, 0.1) is 5.92 Å². The van der Waals surface area contributed by atoms with E-state index >= 15 is 0 Å². The molecule has 0 aliphatic heterocycles. The standard InChI is InChI=1S/C15H30N2/c1-13(11-16-15-9-5-6-10-15)17(2)12-14-7-3-4-8-14/h13-16H,3-12H2,1-2H3. The van der Waals surface area contributed by atoms with Gasteiger partial charge in [-0.15, -0.1) is 0 Å². The topological polar surface area (TPSA) is 15.3 Å². The van der Waals surface area contributed by atoms with Crippen molar-refractivity contribution in [1.82, 2.24) is 10.2 Å². The van der Waals surface area contributed by atoms with E-state index in [9.17, 15) is 0 Å². The lowest BCUT2D eigenvalue weighted by Crippen LogP contribution is -2.42. The molecule has 2 nitrogen and oxygen atoms in total. The molecule has 2 fully saturated rings. The molecule has 0 spiro atoms. The molecule has 0 radical (unpaired) electrons. The molecular formula is C15H30N2. The van der Waals surface area contributed by atoms with Crippen molar-refractivity contribution in [1.29, 1.82) is 0 Å². The SMILES string of the molecule is CC(CNC1CCCC1)N(C)CC1CCCC1. The van der Waals surface area contributed by atoms with Crippen LogP contribution in [0.4, 0.5) is 0 Å². The summed E-state index contributed by atoms with van der Waals surface area (Å²) in [6.07, 6.45) is 11.5. The molecule has 0 aromatic carbocycles. The Kier molecular flexibility index (Phi) is 5.30. The van der Waals surface area contributed by atoms with E-state index in [0.29, 0.717) is 6.04 Å². The van der Waals surface area contributed by atoms with Crippen LogP contribution in [0.2, 0.25) is 0 Å². The van der Waals surface area contributed by atoms with Gasteiger partial charge in [-0.25, -0.2) is 0 Å². The average molecular weight is 238 g/mol. The van der Waals surface area contributed by atoms with Crippen LogP contribution in [0.25, 0.3) is 0 Å². The van der Waals surface area contributed by atoms with Gasteiger partial charge in [0.05, 0.1) is 0 Å². The fraction of sp³-hybridized carbons (Fsp3) is 1.00. The molecule has 2 heteroatoms. The Morgan fingerprint density at radius 2 is 1.65 bits per heavy atom. The Balaban J connectivity index is 1.61. The van der Waals surface area contributed by atoms with E-state index in [4.69, 9.17) is 0 Å². The van der Waals surface area contributed by atoms with Crippen molar-refractivity contribution >= 4 is 0 Å². The molecule has 0 saturated heterocycles. The largest absolute Gasteiger partial charge is 0.312 e. The van der Waals surface area contributed by atoms with Crippen LogP contribution in [0.15, 0.2) is 0 Å². The van der Waals surface area contributed by atoms with Crippen molar-refractivity contribution < 1.29 is 0 Å². The van der Waals surface area contributed by atoms with Crippen molar-refractivity contribution in [3.63, 3.8) is 0 Å². The van der Waals surface area contributed by atoms with Crippen molar-refractivity contribution in [2.45, 2.75) is 70.4 Å². The maximum Gasteiger partial charge on any atom is 0.0189 e. The van der Waals surface area contributed by atoms with Crippen LogP contribution in [-0.2, 0) is 0 Å². The zero-order valence-corrected chi connectivity index (χ0v) is 11.8. The minimum Gasteiger partial charge on any atom is -0.312 e. The van der Waals surface area contributed by atoms with Gasteiger partial charge in [-0.1, -0.05) is 25.7 Å². The number of hydrogen-bond acceptors (Lipinski definition) is 2. The zero-order chi connectivity index (χ0) is 12.1. The van der Waals surface area contributed by atoms with Crippen molar-refractivity contribution in [2.24, 2.45) is 5.92 Å². The Hall–Kier alpha value is -0.0800. The average Bonchev–Trinajstić information content (AvgIpc) is 2.98. The Morgan fingerprint density at radius 1 is 1.06 bits per heavy atom. The van der Waals surface area contributed by atoms with Gasteiger partial charge < -0.3 is 10.2 Å². The quantitative estimate of drug-likeness (QED) is 0.765. The Morgan fingerprint density at radius 3 is 2.29 bits per heavy atom. The molecule has 0 heterocycles. The summed E-state index contributed by atoms with van der Waals surface area (Å²) >= 11 is 0. The highest BCUT2D eigenvalue weighted by Crippen LogP contribution is 2.25. The summed E-state index contributed by atoms with van der Waals surface area (Å²) in [4.78, 5) is 2.57. The molecule has 100 valence electrons. The fourth-order valence-electron chi connectivity index (χ4n) is 3.40. The van der Waals surface area contributed by atoms with E-state index in [1.165, 1.54) is 64.5 Å². The van der Waals surface area contributed by atoms with Crippen LogP contribution >= 0.6 is 0 Å². The molecule has 17 heavy (non-hydrogen) atoms. The predicted molar refractivity (Wildman–Crippen MR) is 74.3 cm³/mol. The lowest BCUT2D eigenvalue weighted by atomic mass is 10.1. The second-order valence-corrected chi connectivity index (χ2v) is 6.33. The maximum atomic E-state index is 3.75. The van der Waals surface area contributed by atoms with E-state index < -0.39 is 0 Å². The summed E-state index contributed by atoms with van der Waals surface area (Å²) in [6.45, 7) is 4.86. The lowest BCUT2D eigenvalue weighted by molar-refractivity contribution is 0.210. The summed E-state index contributed by atoms with van der Waals surface area (Å²) in [5, 5.41) is 3.75. The second-order valence-electron chi connectivity index (χ2n) is 6.33. The molecule has 1 atom stereocenters. The Bertz CT molecular complexity index is 205. The van der Waals surface area contributed by atoms with E-state index in [0.717, 1.165) is 12.0 Å². The van der Waals surface area contributed by atoms with Gasteiger partial charge in [-0.3, -0.25) is 0 Å². The normalized spacial score (nSPS) is 24.9. The number of likely N-dealkylation sites (N-methyl/N-ethyl adjacent to an activating group) is 1. The van der Waals surface area contributed by atoms with Gasteiger partial charge in [0, 0.05) is 25.2 Å². The third-order valence-electron chi connectivity index (χ3n) is 4.83. The summed E-state index contributed by atoms with van der Waals surface area (Å²) in [6, 6.07) is 1.51. The summed E-state index contributed by atoms with van der Waals surface area (Å²) < 4.78 is 0. The molecule has 1 unspecified atom stereocenters. The molecular weight excluding hydrogens is 208 g/mol. The highest BCUT2D eigenvalue weighted by Gasteiger charge is 2.20. The van der Waals surface area contributed by atoms with Gasteiger partial charge in [0.2, 0.25) is 0 Å². The summed E-state index contributed by atoms with van der Waals surface area (Å²) in [7, 11) is 2.30. The first-order valence-corrected chi connectivity index (χ1v) is 7.69. The van der Waals surface area contributed by atoms with Gasteiger partial charge in [-0.05, 0) is 45.6 Å². The first-order valence-electron chi connectivity index (χ1n) is 7.69. The van der Waals surface area contributed by atoms with Gasteiger partial charge in [0.15, 0.2) is 0 Å². The number of rotatable bonds is 6. The van der Waals surface area contributed by atoms with Crippen molar-refractivity contribution in [3.8, 4) is 0 Å². The van der Waals surface area contributed by atoms with Crippen molar-refractivity contribution in [3.05, 3.63) is 0 Å². The second kappa shape index (κ2) is 6.75. The monoisotopic (exact) mass is 238 g/mol. The molecule has 0 aromatic rings. The van der Waals surface area contributed by atoms with E-state index in [2.05, 4.69) is 24.2 Å². The highest BCUT2D eigenvalue weighted by molar-refractivity contribution is 4.78. The smallest absolute Gasteiger partial charge is 0.0189 e. The molecule has 2 aliphatic carbocycles. The van der Waals surface area contributed by atoms with E-state index in [1.807, 2.05) is 0 Å². The highest BCUT2D eigenvalue weighted by atomic mass is 15.1. The summed E-state index contributed by atoms with van der Waals surface area (Å²) in [5.74, 6) is 0.980. The first kappa shape index (κ1) is 13.4. The van der Waals surface area contributed by atoms with Gasteiger partial charge >= 0.3 is 0 Å². The Labute approximate surface area is 107 Å². The van der Waals surface area contributed by atoms with Crippen LogP contribution < -0.4 is 5.32 Å². The number of nitrogens with one attached hydrogen (secondary N) is 1. The zero-order valence-electron chi connectivity index (χ0n) is 11.8. The molecule has 2 rings (SSSR count). The van der Waals surface area contributed by atoms with Crippen LogP contribution in [-0.4, -0.2) is 37.1 Å². The third kappa shape index (κ3) is 4.26. The lowest BCUT2D eigenvalue weighted by Gasteiger charge is -2.28. The molecule has 2 aliphatic rings. The summed E-state index contributed by atoms with van der Waals surface area (Å²) in [5.41, 5.74) is 0. The third-order valence-corrected chi connectivity index (χ3v) is 4.83. The van der Waals surface area contributed by atoms with Crippen LogP contribution in [0.5, 0.6) is 0 Å². The molecule has 0 bridgehead atoms. The molecule has 1 N–H and O–H groups in total. The van der Waals surface area contributed by atoms with Crippen molar-refractivity contribution in [2.75, 3.05) is 20.1 Å². The minimum absolute atomic E-state index is 0.691. The molecule has 0 aromatic heterocycles. The van der Waals surface area contributed by atoms with Crippen LogP contribution in [0.3, 0.4) is 0 Å². The minimum atomic E-state index is 0.691. The van der Waals surface area contributed by atoms with Crippen LogP contribution in [0.1, 0.15) is 58.3 Å². The van der Waals surface area contributed by atoms with Gasteiger partial charge in [0.1, 0.15) is 0 Å². The fourth-order valence-corrected chi connectivity index (χ4v) is 3.40. The first-order chi connectivity index (χ1) is 8.25. The predicted octanol–water partition coefficient (Wildman–Crippen LogP) is 3.03. The molecule has 0 amide bonds.